The Morgan fingerprint density at radius 3 is 1.83 bits per heavy atom. The molecular formula is C23H28O10S2. The highest BCUT2D eigenvalue weighted by molar-refractivity contribution is 7.87. The van der Waals surface area contributed by atoms with E-state index in [1.807, 2.05) is 13.8 Å². The van der Waals surface area contributed by atoms with Crippen molar-refractivity contribution < 1.29 is 44.5 Å². The summed E-state index contributed by atoms with van der Waals surface area (Å²) in [4.78, 5) is -0.108. The van der Waals surface area contributed by atoms with Crippen molar-refractivity contribution in [1.29, 1.82) is 0 Å². The maximum absolute atomic E-state index is 12.7. The summed E-state index contributed by atoms with van der Waals surface area (Å²) in [6, 6.07) is 12.2. The lowest BCUT2D eigenvalue weighted by molar-refractivity contribution is -0.272. The predicted molar refractivity (Wildman–Crippen MR) is 122 cm³/mol. The summed E-state index contributed by atoms with van der Waals surface area (Å²) >= 11 is 0. The molecule has 192 valence electrons. The summed E-state index contributed by atoms with van der Waals surface area (Å²) in [5, 5.41) is 10.8. The van der Waals surface area contributed by atoms with Crippen molar-refractivity contribution in [2.45, 2.75) is 67.4 Å². The van der Waals surface area contributed by atoms with Gasteiger partial charge in [0.15, 0.2) is 5.79 Å². The number of hydrogen-bond acceptors (Lipinski definition) is 10. The van der Waals surface area contributed by atoms with Gasteiger partial charge >= 0.3 is 0 Å². The van der Waals surface area contributed by atoms with Crippen LogP contribution in [-0.4, -0.2) is 65.0 Å². The standard InChI is InChI=1S/C23H28O10S2/c1-15-5-9-17(10-6-15)34(25,26)29-13-19-20(24)21-23(31-19,33-22(3,4)32-21)14-30-35(27,28)18-11-7-16(2)8-12-18/h5-12,19-21,24H,13-14H2,1-4H3/t19-,20-,21-,23-/m1/s1. The number of aliphatic hydroxyl groups excluding tert-OH is 1. The van der Waals surface area contributed by atoms with E-state index >= 15 is 0 Å². The Kier molecular flexibility index (Phi) is 6.88. The predicted octanol–water partition coefficient (Wildman–Crippen LogP) is 2.02. The fraction of sp³-hybridized carbons (Fsp3) is 0.478. The van der Waals surface area contributed by atoms with Crippen LogP contribution in [0, 0.1) is 13.8 Å². The molecule has 0 spiro atoms. The monoisotopic (exact) mass is 528 g/mol. The average molecular weight is 529 g/mol. The van der Waals surface area contributed by atoms with Crippen molar-refractivity contribution in [2.75, 3.05) is 13.2 Å². The fourth-order valence-corrected chi connectivity index (χ4v) is 5.82. The van der Waals surface area contributed by atoms with Crippen LogP contribution in [0.4, 0.5) is 0 Å². The molecule has 35 heavy (non-hydrogen) atoms. The lowest BCUT2D eigenvalue weighted by atomic mass is 10.1. The van der Waals surface area contributed by atoms with E-state index in [4.69, 9.17) is 22.6 Å². The second-order valence-electron chi connectivity index (χ2n) is 9.08. The molecule has 1 N–H and O–H groups in total. The quantitative estimate of drug-likeness (QED) is 0.507. The van der Waals surface area contributed by atoms with Crippen molar-refractivity contribution >= 4 is 20.2 Å². The van der Waals surface area contributed by atoms with Gasteiger partial charge in [-0.15, -0.1) is 0 Å². The lowest BCUT2D eigenvalue weighted by Crippen LogP contribution is -2.45. The van der Waals surface area contributed by atoms with Crippen LogP contribution in [0.2, 0.25) is 0 Å². The minimum atomic E-state index is -4.18. The molecule has 0 radical (unpaired) electrons. The molecule has 2 aromatic rings. The smallest absolute Gasteiger partial charge is 0.297 e. The zero-order valence-corrected chi connectivity index (χ0v) is 21.3. The summed E-state index contributed by atoms with van der Waals surface area (Å²) in [5.74, 6) is -3.02. The van der Waals surface area contributed by atoms with Crippen LogP contribution in [-0.2, 0) is 42.8 Å². The van der Waals surface area contributed by atoms with E-state index in [0.717, 1.165) is 11.1 Å². The van der Waals surface area contributed by atoms with Crippen molar-refractivity contribution in [3.8, 4) is 0 Å². The molecule has 4 rings (SSSR count). The first-order chi connectivity index (χ1) is 16.2. The normalized spacial score (nSPS) is 28.2. The molecule has 2 fully saturated rings. The number of aliphatic hydroxyl groups is 1. The Labute approximate surface area is 205 Å². The third-order valence-corrected chi connectivity index (χ3v) is 8.30. The van der Waals surface area contributed by atoms with Gasteiger partial charge in [-0.05, 0) is 52.0 Å². The van der Waals surface area contributed by atoms with Gasteiger partial charge in [-0.2, -0.15) is 16.8 Å². The molecule has 10 nitrogen and oxygen atoms in total. The first-order valence-electron chi connectivity index (χ1n) is 10.9. The van der Waals surface area contributed by atoms with Crippen molar-refractivity contribution in [3.05, 3.63) is 59.7 Å². The minimum Gasteiger partial charge on any atom is -0.387 e. The van der Waals surface area contributed by atoms with E-state index in [2.05, 4.69) is 0 Å². The Morgan fingerprint density at radius 2 is 1.31 bits per heavy atom. The van der Waals surface area contributed by atoms with Crippen LogP contribution < -0.4 is 0 Å². The SMILES string of the molecule is Cc1ccc(S(=O)(=O)OC[C@H]2O[C@]3(COS(=O)(=O)c4ccc(C)cc4)OC(C)(C)O[C@@H]3[C@@H]2O)cc1. The van der Waals surface area contributed by atoms with Gasteiger partial charge in [-0.3, -0.25) is 8.37 Å². The second kappa shape index (κ2) is 9.20. The number of fused-ring (bicyclic) bond motifs is 1. The summed E-state index contributed by atoms with van der Waals surface area (Å²) in [5.41, 5.74) is 1.76. The van der Waals surface area contributed by atoms with E-state index < -0.39 is 63.3 Å². The number of rotatable bonds is 8. The second-order valence-corrected chi connectivity index (χ2v) is 12.3. The van der Waals surface area contributed by atoms with E-state index in [1.165, 1.54) is 24.3 Å². The maximum atomic E-state index is 12.7. The van der Waals surface area contributed by atoms with E-state index in [0.29, 0.717) is 0 Å². The molecule has 0 bridgehead atoms. The number of benzene rings is 2. The highest BCUT2D eigenvalue weighted by Crippen LogP contribution is 2.46. The van der Waals surface area contributed by atoms with Gasteiger partial charge < -0.3 is 19.3 Å². The van der Waals surface area contributed by atoms with Gasteiger partial charge in [-0.1, -0.05) is 35.4 Å². The average Bonchev–Trinajstić information content (AvgIpc) is 3.19. The Balaban J connectivity index is 1.50. The molecule has 4 atom stereocenters. The van der Waals surface area contributed by atoms with Crippen LogP contribution in [0.5, 0.6) is 0 Å². The van der Waals surface area contributed by atoms with Gasteiger partial charge in [0.2, 0.25) is 5.79 Å². The third kappa shape index (κ3) is 5.44. The van der Waals surface area contributed by atoms with Crippen LogP contribution in [0.3, 0.4) is 0 Å². The van der Waals surface area contributed by atoms with Crippen molar-refractivity contribution in [2.24, 2.45) is 0 Å². The summed E-state index contributed by atoms with van der Waals surface area (Å²) in [7, 11) is -8.31. The molecule has 2 aromatic carbocycles. The lowest BCUT2D eigenvalue weighted by Gasteiger charge is -2.28. The minimum absolute atomic E-state index is 0.0494. The topological polar surface area (TPSA) is 135 Å². The van der Waals surface area contributed by atoms with Gasteiger partial charge in [0.05, 0.1) is 16.4 Å². The zero-order chi connectivity index (χ0) is 25.6. The first kappa shape index (κ1) is 26.2. The molecule has 0 unspecified atom stereocenters. The fourth-order valence-electron chi connectivity index (χ4n) is 3.98. The molecular weight excluding hydrogens is 500 g/mol. The van der Waals surface area contributed by atoms with E-state index in [-0.39, 0.29) is 9.79 Å². The Morgan fingerprint density at radius 1 is 0.829 bits per heavy atom. The largest absolute Gasteiger partial charge is 0.387 e. The number of ether oxygens (including phenoxy) is 3. The zero-order valence-electron chi connectivity index (χ0n) is 19.7. The molecule has 0 saturated carbocycles. The third-order valence-electron chi connectivity index (χ3n) is 5.73. The first-order valence-corrected chi connectivity index (χ1v) is 13.7. The Hall–Kier alpha value is -1.90. The highest BCUT2D eigenvalue weighted by atomic mass is 32.2. The van der Waals surface area contributed by atoms with Crippen molar-refractivity contribution in [1.82, 2.24) is 0 Å². The van der Waals surface area contributed by atoms with Crippen LogP contribution in [0.1, 0.15) is 25.0 Å². The molecule has 2 aliphatic heterocycles. The summed E-state index contributed by atoms with van der Waals surface area (Å²) in [6.07, 6.45) is -3.72. The maximum Gasteiger partial charge on any atom is 0.297 e. The molecule has 2 aliphatic rings. The van der Waals surface area contributed by atoms with Crippen LogP contribution in [0.25, 0.3) is 0 Å². The highest BCUT2D eigenvalue weighted by Gasteiger charge is 2.65. The van der Waals surface area contributed by atoms with Crippen molar-refractivity contribution in [3.63, 3.8) is 0 Å². The summed E-state index contributed by atoms with van der Waals surface area (Å²) < 4.78 is 78.3. The van der Waals surface area contributed by atoms with Gasteiger partial charge in [0.1, 0.15) is 24.9 Å². The van der Waals surface area contributed by atoms with Gasteiger partial charge in [0.25, 0.3) is 20.2 Å². The number of aryl methyl sites for hydroxylation is 2. The molecule has 12 heteroatoms. The molecule has 0 amide bonds. The van der Waals surface area contributed by atoms with Gasteiger partial charge in [0, 0.05) is 0 Å². The van der Waals surface area contributed by atoms with Gasteiger partial charge in [-0.25, -0.2) is 0 Å². The molecule has 2 saturated heterocycles. The Bertz CT molecular complexity index is 1270. The molecule has 0 aliphatic carbocycles. The summed E-state index contributed by atoms with van der Waals surface area (Å²) in [6.45, 7) is 5.61. The number of hydrogen-bond donors (Lipinski definition) is 1. The van der Waals surface area contributed by atoms with Crippen LogP contribution in [0.15, 0.2) is 58.3 Å². The van der Waals surface area contributed by atoms with Crippen LogP contribution >= 0.6 is 0 Å². The molecule has 2 heterocycles. The molecule has 0 aromatic heterocycles. The van der Waals surface area contributed by atoms with E-state index in [1.54, 1.807) is 38.1 Å². The van der Waals surface area contributed by atoms with E-state index in [9.17, 15) is 21.9 Å².